The van der Waals surface area contributed by atoms with E-state index in [1.54, 1.807) is 26.5 Å². The Balaban J connectivity index is 3.12. The van der Waals surface area contributed by atoms with E-state index in [0.717, 1.165) is 0 Å². The fourth-order valence-electron chi connectivity index (χ4n) is 4.21. The molecule has 1 heterocycles. The lowest BCUT2D eigenvalue weighted by Gasteiger charge is -2.56. The van der Waals surface area contributed by atoms with Crippen molar-refractivity contribution >= 4 is 60.6 Å². The molecule has 0 saturated carbocycles. The van der Waals surface area contributed by atoms with Crippen LogP contribution in [0.4, 0.5) is 0 Å². The van der Waals surface area contributed by atoms with Gasteiger partial charge in [0.25, 0.3) is 0 Å². The molecule has 5 unspecified atom stereocenters. The molecule has 0 N–H and O–H groups in total. The molecule has 5 atom stereocenters. The van der Waals surface area contributed by atoms with Gasteiger partial charge in [-0.15, -0.1) is 0 Å². The molecule has 90 valence electrons. The molecular formula is C8H30Si7. The quantitative estimate of drug-likeness (QED) is 0.540. The summed E-state index contributed by atoms with van der Waals surface area (Å²) in [7, 11) is 3.08. The minimum atomic E-state index is -0.596. The van der Waals surface area contributed by atoms with Crippen LogP contribution in [0.1, 0.15) is 0 Å². The molecule has 1 aliphatic rings. The molecule has 1 rings (SSSR count). The minimum Gasteiger partial charge on any atom is -0.0770 e. The molecule has 15 heavy (non-hydrogen) atoms. The fraction of sp³-hybridized carbons (Fsp3) is 1.00. The van der Waals surface area contributed by atoms with Gasteiger partial charge in [0.15, 0.2) is 0 Å². The second-order valence-corrected chi connectivity index (χ2v) is 55.7. The van der Waals surface area contributed by atoms with E-state index in [2.05, 4.69) is 32.7 Å². The summed E-state index contributed by atoms with van der Waals surface area (Å²) in [6, 6.07) is 1.81. The van der Waals surface area contributed by atoms with Crippen LogP contribution in [0.3, 0.4) is 0 Å². The zero-order valence-corrected chi connectivity index (χ0v) is 21.8. The molecule has 1 aliphatic heterocycles. The van der Waals surface area contributed by atoms with E-state index in [-0.39, 0.29) is 8.31 Å². The van der Waals surface area contributed by atoms with E-state index in [4.69, 9.17) is 0 Å². The molecule has 0 aromatic carbocycles. The SMILES string of the molecule is C[SiH2][Si]1(C)C([SiH3])C([SiH3])C[SiH](C)[Si]1(C)[SiH2]C. The highest BCUT2D eigenvalue weighted by atomic mass is 30.0. The normalized spacial score (nSPS) is 53.8. The predicted molar refractivity (Wildman–Crippen MR) is 97.2 cm³/mol. The minimum absolute atomic E-state index is 0.209. The first-order chi connectivity index (χ1) is 6.83. The Bertz CT molecular complexity index is 235. The number of hydrogen-bond donors (Lipinski definition) is 0. The zero-order chi connectivity index (χ0) is 11.9. The van der Waals surface area contributed by atoms with Crippen molar-refractivity contribution in [2.24, 2.45) is 0 Å². The fourth-order valence-corrected chi connectivity index (χ4v) is 126. The second kappa shape index (κ2) is 5.02. The maximum absolute atomic E-state index is 2.93. The average molecular weight is 323 g/mol. The van der Waals surface area contributed by atoms with E-state index in [0.29, 0.717) is 18.1 Å². The van der Waals surface area contributed by atoms with Gasteiger partial charge in [-0.05, 0) is 0 Å². The largest absolute Gasteiger partial charge is 0.0770 e. The maximum atomic E-state index is 2.93. The van der Waals surface area contributed by atoms with Crippen molar-refractivity contribution in [2.45, 2.75) is 49.5 Å². The van der Waals surface area contributed by atoms with Crippen LogP contribution in [0.2, 0.25) is 49.5 Å². The van der Waals surface area contributed by atoms with Crippen LogP contribution in [-0.4, -0.2) is 60.6 Å². The second-order valence-electron chi connectivity index (χ2n) is 6.44. The van der Waals surface area contributed by atoms with Crippen LogP contribution in [-0.2, 0) is 0 Å². The van der Waals surface area contributed by atoms with Gasteiger partial charge in [-0.3, -0.25) is 0 Å². The Hall–Kier alpha value is 1.52. The average Bonchev–Trinajstić information content (AvgIpc) is 2.23. The lowest BCUT2D eigenvalue weighted by atomic mass is 10.5. The van der Waals surface area contributed by atoms with Gasteiger partial charge in [-0.25, -0.2) is 0 Å². The molecule has 0 aromatic heterocycles. The Morgan fingerprint density at radius 1 is 1.20 bits per heavy atom. The molecule has 1 fully saturated rings. The van der Waals surface area contributed by atoms with Gasteiger partial charge in [-0.2, -0.15) is 0 Å². The van der Waals surface area contributed by atoms with Gasteiger partial charge in [0.1, 0.15) is 0 Å². The van der Waals surface area contributed by atoms with Crippen LogP contribution in [0.25, 0.3) is 0 Å². The van der Waals surface area contributed by atoms with E-state index >= 15 is 0 Å². The standard InChI is InChI=1S/C8H30Si7/c1-11-14(4)8(10)7(9)6-13(3)15(14,5)12-2/h7-8,13H,6,11-12H2,1-5,9-10H3. The first-order valence-corrected chi connectivity index (χ1v) is 26.5. The van der Waals surface area contributed by atoms with Gasteiger partial charge in [0.05, 0.1) is 0 Å². The van der Waals surface area contributed by atoms with Crippen molar-refractivity contribution in [1.29, 1.82) is 0 Å². The van der Waals surface area contributed by atoms with E-state index in [9.17, 15) is 0 Å². The topological polar surface area (TPSA) is 0 Å². The summed E-state index contributed by atoms with van der Waals surface area (Å²) in [5.41, 5.74) is 1.31. The molecule has 0 aromatic rings. The van der Waals surface area contributed by atoms with Gasteiger partial charge in [-0.1, -0.05) is 49.5 Å². The molecular weight excluding hydrogens is 293 g/mol. The Labute approximate surface area is 110 Å². The molecule has 0 aliphatic carbocycles. The summed E-state index contributed by atoms with van der Waals surface area (Å²) in [6.07, 6.45) is 0. The highest BCUT2D eigenvalue weighted by molar-refractivity contribution is 7.89. The summed E-state index contributed by atoms with van der Waals surface area (Å²) >= 11 is 0. The lowest BCUT2D eigenvalue weighted by molar-refractivity contribution is 0.975. The van der Waals surface area contributed by atoms with E-state index in [1.807, 2.05) is 0 Å². The molecule has 0 nitrogen and oxygen atoms in total. The highest BCUT2D eigenvalue weighted by Gasteiger charge is 2.56. The van der Waals surface area contributed by atoms with Crippen LogP contribution in [0.5, 0.6) is 0 Å². The van der Waals surface area contributed by atoms with Crippen molar-refractivity contribution in [2.75, 3.05) is 0 Å². The maximum Gasteiger partial charge on any atom is 0.0260 e. The monoisotopic (exact) mass is 322 g/mol. The Morgan fingerprint density at radius 2 is 1.73 bits per heavy atom. The zero-order valence-electron chi connectivity index (χ0n) is 11.9. The predicted octanol–water partition coefficient (Wildman–Crippen LogP) is -1.55. The third-order valence-corrected chi connectivity index (χ3v) is 108. The Kier molecular flexibility index (Phi) is 4.88. The van der Waals surface area contributed by atoms with Crippen LogP contribution in [0.15, 0.2) is 0 Å². The van der Waals surface area contributed by atoms with Crippen molar-refractivity contribution in [3.05, 3.63) is 0 Å². The Morgan fingerprint density at radius 3 is 2.13 bits per heavy atom. The van der Waals surface area contributed by atoms with Gasteiger partial charge >= 0.3 is 0 Å². The molecule has 0 amide bonds. The van der Waals surface area contributed by atoms with Crippen LogP contribution in [0, 0.1) is 0 Å². The smallest absolute Gasteiger partial charge is 0.0260 e. The first kappa shape index (κ1) is 14.6. The summed E-state index contributed by atoms with van der Waals surface area (Å²) in [6.45, 7) is 13.5. The van der Waals surface area contributed by atoms with Crippen LogP contribution >= 0.6 is 0 Å². The van der Waals surface area contributed by atoms with Crippen LogP contribution < -0.4 is 0 Å². The van der Waals surface area contributed by atoms with E-state index < -0.39 is 13.7 Å². The van der Waals surface area contributed by atoms with Gasteiger partial charge in [0, 0.05) is 60.6 Å². The third kappa shape index (κ3) is 2.13. The van der Waals surface area contributed by atoms with Gasteiger partial charge < -0.3 is 0 Å². The molecule has 1 saturated heterocycles. The number of rotatable bonds is 2. The highest BCUT2D eigenvalue weighted by Crippen LogP contribution is 2.44. The molecule has 0 radical (unpaired) electrons. The lowest BCUT2D eigenvalue weighted by Crippen LogP contribution is -2.78. The van der Waals surface area contributed by atoms with Gasteiger partial charge in [0.2, 0.25) is 0 Å². The molecule has 7 heteroatoms. The summed E-state index contributed by atoms with van der Waals surface area (Å²) < 4.78 is 0. The van der Waals surface area contributed by atoms with Crippen molar-refractivity contribution in [3.8, 4) is 0 Å². The van der Waals surface area contributed by atoms with Crippen molar-refractivity contribution < 1.29 is 0 Å². The summed E-state index contributed by atoms with van der Waals surface area (Å²) in [5, 5.41) is 1.40. The van der Waals surface area contributed by atoms with Crippen molar-refractivity contribution in [1.82, 2.24) is 0 Å². The van der Waals surface area contributed by atoms with E-state index in [1.165, 1.54) is 10.7 Å². The molecule has 0 bridgehead atoms. The first-order valence-electron chi connectivity index (χ1n) is 6.83. The summed E-state index contributed by atoms with van der Waals surface area (Å²) in [5.74, 6) is 0. The summed E-state index contributed by atoms with van der Waals surface area (Å²) in [4.78, 5) is 0. The third-order valence-electron chi connectivity index (χ3n) is 6.45. The number of hydrogen-bond acceptors (Lipinski definition) is 0. The molecule has 0 spiro atoms. The van der Waals surface area contributed by atoms with Crippen molar-refractivity contribution in [3.63, 3.8) is 0 Å².